The number of carbonyl (C=O) groups is 1. The van der Waals surface area contributed by atoms with Crippen molar-refractivity contribution in [3.63, 3.8) is 0 Å². The van der Waals surface area contributed by atoms with Crippen molar-refractivity contribution in [2.45, 2.75) is 46.3 Å². The second-order valence-corrected chi connectivity index (χ2v) is 8.59. The Morgan fingerprint density at radius 3 is 2.46 bits per heavy atom. The summed E-state index contributed by atoms with van der Waals surface area (Å²) in [5.74, 6) is 6.02. The molecule has 0 amide bonds. The molecule has 0 spiro atoms. The lowest BCUT2D eigenvalue weighted by molar-refractivity contribution is -0.145. The number of rotatable bonds is 10. The van der Waals surface area contributed by atoms with E-state index in [0.717, 1.165) is 33.4 Å². The normalized spacial score (nSPS) is 11.7. The zero-order chi connectivity index (χ0) is 25.5. The first-order valence-electron chi connectivity index (χ1n) is 11.7. The van der Waals surface area contributed by atoms with Crippen molar-refractivity contribution in [2.75, 3.05) is 24.4 Å². The van der Waals surface area contributed by atoms with Crippen molar-refractivity contribution in [2.24, 2.45) is 5.84 Å². The zero-order valence-corrected chi connectivity index (χ0v) is 20.9. The molecule has 1 atom stereocenters. The second kappa shape index (κ2) is 11.7. The smallest absolute Gasteiger partial charge is 0.307 e. The standard InChI is InChI=1S/C28H35N3O4/c1-5-31(30)28-25(34-4)14-23(19(3)27(28)29)24(21-12-11-18(2)22(13-21)16-32)15-26(33)35-17-20-9-7-6-8-10-20/h6-14,24,32H,5,15-17,29-30H2,1-4H3. The molecule has 1 unspecified atom stereocenters. The number of nitrogens with two attached hydrogens (primary N) is 2. The molecule has 3 aromatic carbocycles. The Balaban J connectivity index is 2.04. The van der Waals surface area contributed by atoms with E-state index in [4.69, 9.17) is 21.1 Å². The molecule has 0 saturated carbocycles. The number of aliphatic hydroxyl groups excluding tert-OH is 1. The van der Waals surface area contributed by atoms with E-state index in [9.17, 15) is 9.90 Å². The Bertz CT molecular complexity index is 1160. The highest BCUT2D eigenvalue weighted by Crippen LogP contribution is 2.42. The number of carbonyl (C=O) groups excluding carboxylic acids is 1. The molecule has 0 aliphatic carbocycles. The van der Waals surface area contributed by atoms with Crippen LogP contribution in [-0.2, 0) is 22.7 Å². The fraction of sp³-hybridized carbons (Fsp3) is 0.321. The number of anilines is 2. The van der Waals surface area contributed by atoms with E-state index < -0.39 is 0 Å². The average molecular weight is 478 g/mol. The van der Waals surface area contributed by atoms with Crippen LogP contribution in [0.3, 0.4) is 0 Å². The molecule has 7 nitrogen and oxygen atoms in total. The van der Waals surface area contributed by atoms with Crippen molar-refractivity contribution < 1.29 is 19.4 Å². The van der Waals surface area contributed by atoms with Crippen LogP contribution in [0.25, 0.3) is 0 Å². The third-order valence-electron chi connectivity index (χ3n) is 6.39. The molecule has 0 aromatic heterocycles. The summed E-state index contributed by atoms with van der Waals surface area (Å²) >= 11 is 0. The maximum absolute atomic E-state index is 13.0. The Morgan fingerprint density at radius 2 is 1.83 bits per heavy atom. The number of benzene rings is 3. The number of aryl methyl sites for hydroxylation is 1. The van der Waals surface area contributed by atoms with Crippen molar-refractivity contribution in [3.05, 3.63) is 88.0 Å². The number of hydrogen-bond acceptors (Lipinski definition) is 7. The molecule has 0 aliphatic heterocycles. The van der Waals surface area contributed by atoms with E-state index >= 15 is 0 Å². The summed E-state index contributed by atoms with van der Waals surface area (Å²) in [6.45, 7) is 6.44. The molecule has 5 N–H and O–H groups in total. The van der Waals surface area contributed by atoms with Gasteiger partial charge in [0.05, 0.1) is 25.8 Å². The fourth-order valence-corrected chi connectivity index (χ4v) is 4.21. The summed E-state index contributed by atoms with van der Waals surface area (Å²) in [4.78, 5) is 13.0. The largest absolute Gasteiger partial charge is 0.494 e. The van der Waals surface area contributed by atoms with Gasteiger partial charge in [0, 0.05) is 12.5 Å². The molecule has 3 aromatic rings. The summed E-state index contributed by atoms with van der Waals surface area (Å²) in [5, 5.41) is 11.4. The van der Waals surface area contributed by atoms with Crippen molar-refractivity contribution in [3.8, 4) is 5.75 Å². The third kappa shape index (κ3) is 5.93. The van der Waals surface area contributed by atoms with Gasteiger partial charge in [0.1, 0.15) is 18.0 Å². The van der Waals surface area contributed by atoms with Crippen molar-refractivity contribution in [1.82, 2.24) is 0 Å². The Hall–Kier alpha value is -3.55. The van der Waals surface area contributed by atoms with E-state index in [1.165, 1.54) is 0 Å². The van der Waals surface area contributed by atoms with Crippen molar-refractivity contribution >= 4 is 17.3 Å². The lowest BCUT2D eigenvalue weighted by Crippen LogP contribution is -2.32. The highest BCUT2D eigenvalue weighted by atomic mass is 16.5. The van der Waals surface area contributed by atoms with Crippen LogP contribution in [0, 0.1) is 13.8 Å². The van der Waals surface area contributed by atoms with Gasteiger partial charge in [-0.2, -0.15) is 0 Å². The molecule has 0 bridgehead atoms. The number of hydrogen-bond donors (Lipinski definition) is 3. The first-order valence-corrected chi connectivity index (χ1v) is 11.7. The molecule has 186 valence electrons. The summed E-state index contributed by atoms with van der Waals surface area (Å²) in [6.07, 6.45) is 0.101. The number of aliphatic hydroxyl groups is 1. The summed E-state index contributed by atoms with van der Waals surface area (Å²) in [5.41, 5.74) is 12.9. The minimum Gasteiger partial charge on any atom is -0.494 e. The van der Waals surface area contributed by atoms with Crippen LogP contribution in [-0.4, -0.2) is 24.7 Å². The van der Waals surface area contributed by atoms with Gasteiger partial charge in [-0.3, -0.25) is 4.79 Å². The molecule has 7 heteroatoms. The van der Waals surface area contributed by atoms with Crippen LogP contribution in [0.1, 0.15) is 52.6 Å². The molecule has 0 radical (unpaired) electrons. The van der Waals surface area contributed by atoms with E-state index in [0.29, 0.717) is 23.7 Å². The Kier molecular flexibility index (Phi) is 8.73. The molecule has 0 heterocycles. The van der Waals surface area contributed by atoms with E-state index in [1.807, 2.05) is 75.4 Å². The molecule has 3 rings (SSSR count). The quantitative estimate of drug-likeness (QED) is 0.172. The third-order valence-corrected chi connectivity index (χ3v) is 6.39. The first kappa shape index (κ1) is 26.1. The van der Waals surface area contributed by atoms with Gasteiger partial charge >= 0.3 is 5.97 Å². The lowest BCUT2D eigenvalue weighted by atomic mass is 9.83. The number of esters is 1. The predicted octanol–water partition coefficient (Wildman–Crippen LogP) is 4.35. The topological polar surface area (TPSA) is 111 Å². The molecule has 0 saturated heterocycles. The fourth-order valence-electron chi connectivity index (χ4n) is 4.21. The predicted molar refractivity (Wildman–Crippen MR) is 139 cm³/mol. The maximum Gasteiger partial charge on any atom is 0.307 e. The number of hydrazine groups is 1. The Labute approximate surface area is 207 Å². The van der Waals surface area contributed by atoms with Crippen LogP contribution >= 0.6 is 0 Å². The van der Waals surface area contributed by atoms with Gasteiger partial charge in [-0.1, -0.05) is 48.5 Å². The number of nitrogen functional groups attached to an aromatic ring is 1. The van der Waals surface area contributed by atoms with E-state index in [1.54, 1.807) is 12.1 Å². The molecule has 35 heavy (non-hydrogen) atoms. The molecular weight excluding hydrogens is 442 g/mol. The second-order valence-electron chi connectivity index (χ2n) is 8.59. The van der Waals surface area contributed by atoms with Gasteiger partial charge in [-0.05, 0) is 60.2 Å². The van der Waals surface area contributed by atoms with Crippen LogP contribution in [0.15, 0.2) is 54.6 Å². The number of nitrogens with zero attached hydrogens (tertiary/aromatic N) is 1. The Morgan fingerprint density at radius 1 is 1.11 bits per heavy atom. The van der Waals surface area contributed by atoms with Crippen LogP contribution in [0.4, 0.5) is 11.4 Å². The SMILES string of the molecule is CCN(N)c1c(OC)cc(C(CC(=O)OCc2ccccc2)c2ccc(C)c(CO)c2)c(C)c1N. The lowest BCUT2D eigenvalue weighted by Gasteiger charge is -2.27. The van der Waals surface area contributed by atoms with E-state index in [-0.39, 0.29) is 31.5 Å². The summed E-state index contributed by atoms with van der Waals surface area (Å²) in [6, 6.07) is 17.3. The summed E-state index contributed by atoms with van der Waals surface area (Å²) < 4.78 is 11.3. The van der Waals surface area contributed by atoms with Gasteiger partial charge in [0.15, 0.2) is 0 Å². The molecule has 0 fully saturated rings. The first-order chi connectivity index (χ1) is 16.8. The average Bonchev–Trinajstić information content (AvgIpc) is 2.88. The molecular formula is C28H35N3O4. The minimum absolute atomic E-state index is 0.0904. The monoisotopic (exact) mass is 477 g/mol. The van der Waals surface area contributed by atoms with Crippen LogP contribution in [0.5, 0.6) is 5.75 Å². The van der Waals surface area contributed by atoms with Gasteiger partial charge in [-0.25, -0.2) is 5.84 Å². The number of methoxy groups -OCH3 is 1. The van der Waals surface area contributed by atoms with Gasteiger partial charge in [-0.15, -0.1) is 0 Å². The highest BCUT2D eigenvalue weighted by Gasteiger charge is 2.26. The van der Waals surface area contributed by atoms with Crippen LogP contribution < -0.4 is 21.3 Å². The highest BCUT2D eigenvalue weighted by molar-refractivity contribution is 5.80. The van der Waals surface area contributed by atoms with Gasteiger partial charge in [0.2, 0.25) is 0 Å². The summed E-state index contributed by atoms with van der Waals surface area (Å²) in [7, 11) is 1.57. The van der Waals surface area contributed by atoms with Crippen molar-refractivity contribution in [1.29, 1.82) is 0 Å². The zero-order valence-electron chi connectivity index (χ0n) is 20.9. The molecule has 0 aliphatic rings. The van der Waals surface area contributed by atoms with Gasteiger partial charge in [0.25, 0.3) is 0 Å². The van der Waals surface area contributed by atoms with Crippen LogP contribution in [0.2, 0.25) is 0 Å². The van der Waals surface area contributed by atoms with Gasteiger partial charge < -0.3 is 25.3 Å². The maximum atomic E-state index is 13.0. The minimum atomic E-state index is -0.359. The number of ether oxygens (including phenoxy) is 2. The van der Waals surface area contributed by atoms with E-state index in [2.05, 4.69) is 0 Å².